The first-order valence-electron chi connectivity index (χ1n) is 7.45. The Balaban J connectivity index is 1.63. The number of nitrogens with zero attached hydrogens (tertiary/aromatic N) is 1. The normalized spacial score (nSPS) is 35.6. The molecule has 5 nitrogen and oxygen atoms in total. The average molecular weight is 265 g/mol. The maximum Gasteiger partial charge on any atom is 0.325 e. The molecule has 19 heavy (non-hydrogen) atoms. The fourth-order valence-electron chi connectivity index (χ4n) is 3.34. The van der Waals surface area contributed by atoms with E-state index in [1.165, 1.54) is 4.90 Å². The third kappa shape index (κ3) is 2.24. The maximum atomic E-state index is 12.5. The van der Waals surface area contributed by atoms with Crippen molar-refractivity contribution in [2.24, 2.45) is 11.8 Å². The van der Waals surface area contributed by atoms with Gasteiger partial charge < -0.3 is 10.6 Å². The van der Waals surface area contributed by atoms with Gasteiger partial charge in [0.15, 0.2) is 0 Å². The number of urea groups is 1. The Morgan fingerprint density at radius 3 is 2.53 bits per heavy atom. The van der Waals surface area contributed by atoms with Crippen LogP contribution in [0.3, 0.4) is 0 Å². The van der Waals surface area contributed by atoms with Crippen LogP contribution in [0.4, 0.5) is 4.79 Å². The summed E-state index contributed by atoms with van der Waals surface area (Å²) in [7, 11) is 0. The molecule has 3 aliphatic rings. The van der Waals surface area contributed by atoms with E-state index in [1.54, 1.807) is 0 Å². The van der Waals surface area contributed by atoms with Gasteiger partial charge in [0, 0.05) is 6.54 Å². The van der Waals surface area contributed by atoms with Crippen molar-refractivity contribution >= 4 is 11.9 Å². The van der Waals surface area contributed by atoms with E-state index in [1.807, 2.05) is 0 Å². The fraction of sp³-hybridized carbons (Fsp3) is 0.857. The molecule has 0 unspecified atom stereocenters. The summed E-state index contributed by atoms with van der Waals surface area (Å²) in [5, 5.41) is 6.19. The van der Waals surface area contributed by atoms with Gasteiger partial charge in [-0.05, 0) is 57.0 Å². The first-order valence-corrected chi connectivity index (χ1v) is 7.45. The van der Waals surface area contributed by atoms with Crippen LogP contribution in [0.15, 0.2) is 0 Å². The van der Waals surface area contributed by atoms with Crippen LogP contribution in [0.2, 0.25) is 0 Å². The summed E-state index contributed by atoms with van der Waals surface area (Å²) in [6, 6.07) is -0.174. The number of hydrogen-bond donors (Lipinski definition) is 2. The summed E-state index contributed by atoms with van der Waals surface area (Å²) < 4.78 is 0. The first kappa shape index (κ1) is 12.9. The van der Waals surface area contributed by atoms with Gasteiger partial charge in [0.25, 0.3) is 5.91 Å². The summed E-state index contributed by atoms with van der Waals surface area (Å²) in [6.45, 7) is 4.84. The average Bonchev–Trinajstić information content (AvgIpc) is 2.56. The first-order chi connectivity index (χ1) is 9.11. The molecule has 0 aromatic carbocycles. The van der Waals surface area contributed by atoms with Crippen LogP contribution >= 0.6 is 0 Å². The van der Waals surface area contributed by atoms with Gasteiger partial charge in [-0.3, -0.25) is 9.69 Å². The van der Waals surface area contributed by atoms with Gasteiger partial charge in [0.1, 0.15) is 5.54 Å². The molecule has 2 saturated heterocycles. The van der Waals surface area contributed by atoms with Crippen LogP contribution in [-0.4, -0.2) is 42.0 Å². The number of amides is 3. The van der Waals surface area contributed by atoms with Crippen molar-refractivity contribution in [3.8, 4) is 0 Å². The van der Waals surface area contributed by atoms with Crippen LogP contribution in [0.5, 0.6) is 0 Å². The van der Waals surface area contributed by atoms with Crippen LogP contribution < -0.4 is 10.6 Å². The van der Waals surface area contributed by atoms with Crippen LogP contribution in [-0.2, 0) is 4.79 Å². The molecule has 3 fully saturated rings. The summed E-state index contributed by atoms with van der Waals surface area (Å²) in [5.41, 5.74) is -0.568. The van der Waals surface area contributed by atoms with Gasteiger partial charge in [0.2, 0.25) is 0 Å². The zero-order chi connectivity index (χ0) is 13.5. The summed E-state index contributed by atoms with van der Waals surface area (Å²) >= 11 is 0. The lowest BCUT2D eigenvalue weighted by molar-refractivity contribution is -0.132. The Morgan fingerprint density at radius 1 is 1.26 bits per heavy atom. The summed E-state index contributed by atoms with van der Waals surface area (Å²) in [6.07, 6.45) is 4.61. The van der Waals surface area contributed by atoms with Crippen molar-refractivity contribution in [3.63, 3.8) is 0 Å². The second-order valence-electron chi connectivity index (χ2n) is 6.46. The minimum absolute atomic E-state index is 0.0247. The molecule has 0 aromatic rings. The number of carbonyl (C=O) groups excluding carboxylic acids is 2. The number of hydrogen-bond acceptors (Lipinski definition) is 3. The van der Waals surface area contributed by atoms with E-state index in [9.17, 15) is 9.59 Å². The standard InChI is InChI=1S/C14H23N3O2/c1-10-2-5-14(6-3-10)12(18)17(13(19)16-14)7-4-11-8-15-9-11/h10-11,15H,2-9H2,1H3,(H,16,19). The highest BCUT2D eigenvalue weighted by molar-refractivity contribution is 6.07. The quantitative estimate of drug-likeness (QED) is 0.751. The third-order valence-corrected chi connectivity index (χ3v) is 5.00. The Labute approximate surface area is 114 Å². The second-order valence-corrected chi connectivity index (χ2v) is 6.46. The second kappa shape index (κ2) is 4.78. The van der Waals surface area contributed by atoms with Crippen molar-refractivity contribution in [3.05, 3.63) is 0 Å². The Kier molecular flexibility index (Phi) is 3.25. The molecular formula is C14H23N3O2. The molecule has 3 rings (SSSR count). The topological polar surface area (TPSA) is 61.4 Å². The fourth-order valence-corrected chi connectivity index (χ4v) is 3.34. The molecule has 2 aliphatic heterocycles. The molecule has 0 radical (unpaired) electrons. The maximum absolute atomic E-state index is 12.5. The molecule has 1 saturated carbocycles. The largest absolute Gasteiger partial charge is 0.325 e. The minimum Gasteiger partial charge on any atom is -0.323 e. The zero-order valence-electron chi connectivity index (χ0n) is 11.6. The number of carbonyl (C=O) groups is 2. The van der Waals surface area contributed by atoms with E-state index in [-0.39, 0.29) is 11.9 Å². The highest BCUT2D eigenvalue weighted by atomic mass is 16.2. The van der Waals surface area contributed by atoms with Gasteiger partial charge in [-0.2, -0.15) is 0 Å². The predicted molar refractivity (Wildman–Crippen MR) is 71.6 cm³/mol. The summed E-state index contributed by atoms with van der Waals surface area (Å²) in [4.78, 5) is 26.0. The molecule has 1 aliphatic carbocycles. The van der Waals surface area contributed by atoms with E-state index in [0.717, 1.165) is 45.2 Å². The molecule has 5 heteroatoms. The molecule has 0 aromatic heterocycles. The van der Waals surface area contributed by atoms with Crippen molar-refractivity contribution in [2.45, 2.75) is 44.6 Å². The summed E-state index contributed by atoms with van der Waals surface area (Å²) in [5.74, 6) is 1.32. The lowest BCUT2D eigenvalue weighted by atomic mass is 9.77. The Bertz CT molecular complexity index is 384. The highest BCUT2D eigenvalue weighted by Gasteiger charge is 2.51. The molecule has 2 heterocycles. The number of imide groups is 1. The highest BCUT2D eigenvalue weighted by Crippen LogP contribution is 2.36. The van der Waals surface area contributed by atoms with Crippen LogP contribution in [0, 0.1) is 11.8 Å². The van der Waals surface area contributed by atoms with Gasteiger partial charge in [-0.25, -0.2) is 4.79 Å². The van der Waals surface area contributed by atoms with E-state index in [2.05, 4.69) is 17.6 Å². The van der Waals surface area contributed by atoms with Gasteiger partial charge in [-0.1, -0.05) is 6.92 Å². The van der Waals surface area contributed by atoms with Gasteiger partial charge >= 0.3 is 6.03 Å². The van der Waals surface area contributed by atoms with Crippen LogP contribution in [0.25, 0.3) is 0 Å². The lowest BCUT2D eigenvalue weighted by Crippen LogP contribution is -2.49. The minimum atomic E-state index is -0.568. The third-order valence-electron chi connectivity index (χ3n) is 5.00. The van der Waals surface area contributed by atoms with Gasteiger partial charge in [-0.15, -0.1) is 0 Å². The van der Waals surface area contributed by atoms with E-state index >= 15 is 0 Å². The molecule has 0 bridgehead atoms. The molecule has 1 spiro atoms. The molecule has 2 N–H and O–H groups in total. The molecule has 0 atom stereocenters. The van der Waals surface area contributed by atoms with Crippen LogP contribution in [0.1, 0.15) is 39.0 Å². The molecule has 3 amide bonds. The predicted octanol–water partition coefficient (Wildman–Crippen LogP) is 1.10. The Hall–Kier alpha value is -1.10. The number of nitrogens with one attached hydrogen (secondary N) is 2. The molecule has 106 valence electrons. The smallest absolute Gasteiger partial charge is 0.323 e. The SMILES string of the molecule is CC1CCC2(CC1)NC(=O)N(CCC1CNC1)C2=O. The van der Waals surface area contributed by atoms with E-state index < -0.39 is 5.54 Å². The van der Waals surface area contributed by atoms with E-state index in [4.69, 9.17) is 0 Å². The van der Waals surface area contributed by atoms with Crippen molar-refractivity contribution in [2.75, 3.05) is 19.6 Å². The van der Waals surface area contributed by atoms with E-state index in [0.29, 0.717) is 18.4 Å². The number of rotatable bonds is 3. The zero-order valence-corrected chi connectivity index (χ0v) is 11.6. The van der Waals surface area contributed by atoms with Crippen molar-refractivity contribution in [1.82, 2.24) is 15.5 Å². The molecular weight excluding hydrogens is 242 g/mol. The van der Waals surface area contributed by atoms with Crippen molar-refractivity contribution in [1.29, 1.82) is 0 Å². The Morgan fingerprint density at radius 2 is 1.95 bits per heavy atom. The van der Waals surface area contributed by atoms with Gasteiger partial charge in [0.05, 0.1) is 0 Å². The lowest BCUT2D eigenvalue weighted by Gasteiger charge is -2.33. The van der Waals surface area contributed by atoms with Crippen molar-refractivity contribution < 1.29 is 9.59 Å². The monoisotopic (exact) mass is 265 g/mol.